The molecule has 0 atom stereocenters. The van der Waals surface area contributed by atoms with Crippen LogP contribution in [0.5, 0.6) is 0 Å². The van der Waals surface area contributed by atoms with Crippen molar-refractivity contribution < 1.29 is 27.5 Å². The Balaban J connectivity index is 3.09. The third-order valence-electron chi connectivity index (χ3n) is 3.71. The summed E-state index contributed by atoms with van der Waals surface area (Å²) in [5, 5.41) is 1.80. The van der Waals surface area contributed by atoms with E-state index in [-0.39, 0.29) is 30.9 Å². The second kappa shape index (κ2) is 9.73. The molecule has 0 aliphatic carbocycles. The molecular formula is C19H26F3NO3Si. The molecule has 1 amide bonds. The summed E-state index contributed by atoms with van der Waals surface area (Å²) in [7, 11) is -1.47. The van der Waals surface area contributed by atoms with E-state index in [1.807, 2.05) is 0 Å². The number of carbonyl (C=O) groups is 2. The van der Waals surface area contributed by atoms with E-state index in [1.165, 1.54) is 0 Å². The largest absolute Gasteiger partial charge is 0.488 e. The highest BCUT2D eigenvalue weighted by molar-refractivity contribution is 6.76. The van der Waals surface area contributed by atoms with Crippen LogP contribution in [-0.2, 0) is 20.7 Å². The van der Waals surface area contributed by atoms with Crippen LogP contribution in [0.25, 0.3) is 0 Å². The molecule has 0 saturated heterocycles. The number of nitrogens with one attached hydrogen (secondary N) is 1. The van der Waals surface area contributed by atoms with E-state index < -0.39 is 25.9 Å². The lowest BCUT2D eigenvalue weighted by Crippen LogP contribution is -2.37. The lowest BCUT2D eigenvalue weighted by Gasteiger charge is -2.20. The average molecular weight is 402 g/mol. The fourth-order valence-corrected chi connectivity index (χ4v) is 2.88. The summed E-state index contributed by atoms with van der Waals surface area (Å²) in [5.74, 6) is -2.77. The highest BCUT2D eigenvalue weighted by Gasteiger charge is 2.39. The van der Waals surface area contributed by atoms with Crippen molar-refractivity contribution >= 4 is 19.8 Å². The Bertz CT molecular complexity index is 680. The van der Waals surface area contributed by atoms with Gasteiger partial charge in [0.15, 0.2) is 5.76 Å². The van der Waals surface area contributed by atoms with Gasteiger partial charge in [-0.1, -0.05) is 56.9 Å². The maximum atomic E-state index is 12.7. The number of hydrogen-bond donors (Lipinski definition) is 1. The van der Waals surface area contributed by atoms with Gasteiger partial charge in [-0.05, 0) is 18.0 Å². The van der Waals surface area contributed by atoms with Gasteiger partial charge in [0, 0.05) is 14.5 Å². The molecule has 0 spiro atoms. The number of hydrogen-bond acceptors (Lipinski definition) is 3. The third kappa shape index (κ3) is 8.42. The van der Waals surface area contributed by atoms with E-state index in [1.54, 1.807) is 42.6 Å². The number of allylic oxidation sites excluding steroid dienone is 2. The van der Waals surface area contributed by atoms with Gasteiger partial charge in [0.25, 0.3) is 0 Å². The fourth-order valence-electron chi connectivity index (χ4n) is 2.17. The van der Waals surface area contributed by atoms with Gasteiger partial charge in [-0.15, -0.1) is 0 Å². The Kier molecular flexibility index (Phi) is 8.27. The minimum Gasteiger partial charge on any atom is -0.488 e. The Morgan fingerprint density at radius 2 is 1.70 bits per heavy atom. The zero-order valence-electron chi connectivity index (χ0n) is 16.1. The molecular weight excluding hydrogens is 375 g/mol. The van der Waals surface area contributed by atoms with Crippen molar-refractivity contribution in [1.29, 1.82) is 0 Å². The van der Waals surface area contributed by atoms with Gasteiger partial charge in [-0.3, -0.25) is 9.59 Å². The quantitative estimate of drug-likeness (QED) is 0.378. The van der Waals surface area contributed by atoms with Gasteiger partial charge >= 0.3 is 12.1 Å². The van der Waals surface area contributed by atoms with Crippen molar-refractivity contribution in [3.8, 4) is 0 Å². The smallest absolute Gasteiger partial charge is 0.471 e. The van der Waals surface area contributed by atoms with Crippen LogP contribution in [0.4, 0.5) is 13.2 Å². The first-order chi connectivity index (χ1) is 12.4. The van der Waals surface area contributed by atoms with Gasteiger partial charge < -0.3 is 10.1 Å². The molecule has 1 aromatic carbocycles. The molecule has 0 aliphatic rings. The fraction of sp³-hybridized carbons (Fsp3) is 0.474. The maximum Gasteiger partial charge on any atom is 0.471 e. The Morgan fingerprint density at radius 3 is 2.19 bits per heavy atom. The van der Waals surface area contributed by atoms with Crippen LogP contribution < -0.4 is 5.32 Å². The number of halogens is 3. The first-order valence-electron chi connectivity index (χ1n) is 8.75. The zero-order chi connectivity index (χ0) is 20.7. The molecule has 0 unspecified atom stereocenters. The summed E-state index contributed by atoms with van der Waals surface area (Å²) in [4.78, 5) is 24.0. The van der Waals surface area contributed by atoms with Gasteiger partial charge in [-0.2, -0.15) is 13.2 Å². The maximum absolute atomic E-state index is 12.7. The van der Waals surface area contributed by atoms with E-state index in [2.05, 4.69) is 19.6 Å². The zero-order valence-corrected chi connectivity index (χ0v) is 17.1. The molecule has 0 fully saturated rings. The first kappa shape index (κ1) is 22.9. The summed E-state index contributed by atoms with van der Waals surface area (Å²) in [6.07, 6.45) is -5.02. The highest BCUT2D eigenvalue weighted by atomic mass is 28.3. The predicted molar refractivity (Wildman–Crippen MR) is 101 cm³/mol. The van der Waals surface area contributed by atoms with E-state index in [4.69, 9.17) is 4.74 Å². The number of amides is 1. The van der Waals surface area contributed by atoms with E-state index in [0.29, 0.717) is 5.56 Å². The van der Waals surface area contributed by atoms with Crippen molar-refractivity contribution in [2.24, 2.45) is 0 Å². The number of ketones is 1. The van der Waals surface area contributed by atoms with Crippen molar-refractivity contribution in [3.63, 3.8) is 0 Å². The van der Waals surface area contributed by atoms with Crippen molar-refractivity contribution in [2.45, 2.75) is 51.6 Å². The molecule has 8 heteroatoms. The topological polar surface area (TPSA) is 55.4 Å². The van der Waals surface area contributed by atoms with Crippen molar-refractivity contribution in [2.75, 3.05) is 6.61 Å². The standard InChI is InChI=1S/C19H26F3NO3Si/c1-5-15(23-18(25)19(20,21)22)17(26-11-12-27(2,3)4)16(24)13-14-9-7-6-8-10-14/h6-10H,5,11-13H2,1-4H3,(H,23,25)/b17-15-. The number of Topliss-reactive ketones (excluding diaryl/α,β-unsaturated/α-hetero) is 1. The molecule has 0 heterocycles. The normalized spacial score (nSPS) is 13.0. The number of benzene rings is 1. The van der Waals surface area contributed by atoms with Gasteiger partial charge in [0.05, 0.1) is 12.3 Å². The predicted octanol–water partition coefficient (Wildman–Crippen LogP) is 4.45. The minimum absolute atomic E-state index is 0.0193. The number of rotatable bonds is 9. The van der Waals surface area contributed by atoms with Crippen LogP contribution in [0.3, 0.4) is 0 Å². The highest BCUT2D eigenvalue weighted by Crippen LogP contribution is 2.19. The van der Waals surface area contributed by atoms with Crippen LogP contribution in [0.15, 0.2) is 41.8 Å². The summed E-state index contributed by atoms with van der Waals surface area (Å²) in [5.41, 5.74) is 0.570. The SMILES string of the molecule is CC/C(NC(=O)C(F)(F)F)=C(/OCC[Si](C)(C)C)C(=O)Cc1ccccc1. The van der Waals surface area contributed by atoms with Gasteiger partial charge in [0.1, 0.15) is 0 Å². The number of carbonyl (C=O) groups excluding carboxylic acids is 2. The summed E-state index contributed by atoms with van der Waals surface area (Å²) in [6, 6.07) is 9.57. The van der Waals surface area contributed by atoms with Crippen molar-refractivity contribution in [1.82, 2.24) is 5.32 Å². The minimum atomic E-state index is -5.04. The summed E-state index contributed by atoms with van der Waals surface area (Å²) >= 11 is 0. The Hall–Kier alpha value is -2.09. The molecule has 1 aromatic rings. The summed E-state index contributed by atoms with van der Waals surface area (Å²) in [6.45, 7) is 8.15. The molecule has 0 aromatic heterocycles. The Morgan fingerprint density at radius 1 is 1.11 bits per heavy atom. The van der Waals surface area contributed by atoms with Crippen LogP contribution in [-0.4, -0.2) is 32.5 Å². The summed E-state index contributed by atoms with van der Waals surface area (Å²) < 4.78 is 43.4. The molecule has 27 heavy (non-hydrogen) atoms. The molecule has 4 nitrogen and oxygen atoms in total. The second-order valence-electron chi connectivity index (χ2n) is 7.36. The lowest BCUT2D eigenvalue weighted by atomic mass is 10.1. The van der Waals surface area contributed by atoms with E-state index in [9.17, 15) is 22.8 Å². The van der Waals surface area contributed by atoms with E-state index >= 15 is 0 Å². The first-order valence-corrected chi connectivity index (χ1v) is 12.5. The van der Waals surface area contributed by atoms with Gasteiger partial charge in [0.2, 0.25) is 5.78 Å². The number of alkyl halides is 3. The average Bonchev–Trinajstić information content (AvgIpc) is 2.55. The monoisotopic (exact) mass is 401 g/mol. The molecule has 0 saturated carbocycles. The molecule has 150 valence electrons. The molecule has 0 aliphatic heterocycles. The lowest BCUT2D eigenvalue weighted by molar-refractivity contribution is -0.172. The molecule has 0 radical (unpaired) electrons. The third-order valence-corrected chi connectivity index (χ3v) is 5.41. The van der Waals surface area contributed by atoms with Crippen LogP contribution in [0.1, 0.15) is 18.9 Å². The number of ether oxygens (including phenoxy) is 1. The molecule has 1 rings (SSSR count). The van der Waals surface area contributed by atoms with Gasteiger partial charge in [-0.25, -0.2) is 0 Å². The Labute approximate surface area is 158 Å². The second-order valence-corrected chi connectivity index (χ2v) is 13.0. The van der Waals surface area contributed by atoms with Crippen LogP contribution in [0, 0.1) is 0 Å². The van der Waals surface area contributed by atoms with Crippen LogP contribution in [0.2, 0.25) is 25.7 Å². The molecule has 0 bridgehead atoms. The molecule has 1 N–H and O–H groups in total. The van der Waals surface area contributed by atoms with Crippen LogP contribution >= 0.6 is 0 Å². The van der Waals surface area contributed by atoms with Crippen molar-refractivity contribution in [3.05, 3.63) is 47.4 Å². The van der Waals surface area contributed by atoms with E-state index in [0.717, 1.165) is 6.04 Å².